The highest BCUT2D eigenvalue weighted by molar-refractivity contribution is 5.88. The third-order valence-electron chi connectivity index (χ3n) is 2.69. The van der Waals surface area contributed by atoms with Gasteiger partial charge < -0.3 is 9.84 Å². The average Bonchev–Trinajstić information content (AvgIpc) is 2.46. The van der Waals surface area contributed by atoms with Gasteiger partial charge in [-0.05, 0) is 36.6 Å². The van der Waals surface area contributed by atoms with Crippen molar-refractivity contribution in [2.24, 2.45) is 0 Å². The van der Waals surface area contributed by atoms with Gasteiger partial charge in [-0.2, -0.15) is 0 Å². The van der Waals surface area contributed by atoms with Crippen LogP contribution in [0, 0.1) is 5.82 Å². The lowest BCUT2D eigenvalue weighted by atomic mass is 10.1. The summed E-state index contributed by atoms with van der Waals surface area (Å²) in [6, 6.07) is 4.88. The Labute approximate surface area is 115 Å². The molecule has 0 saturated heterocycles. The molecular formula is C14H13FN2O3. The summed E-state index contributed by atoms with van der Waals surface area (Å²) in [5.74, 6) is -2.56. The summed E-state index contributed by atoms with van der Waals surface area (Å²) in [6.45, 7) is 0.259. The van der Waals surface area contributed by atoms with Crippen LogP contribution in [0.4, 0.5) is 4.39 Å². The molecule has 0 amide bonds. The zero-order valence-corrected chi connectivity index (χ0v) is 10.6. The SMILES string of the molecule is O=C(O)c1ccnc(OCCCc2ccncc2)c1F. The first-order valence-corrected chi connectivity index (χ1v) is 6.08. The number of pyridine rings is 2. The fraction of sp³-hybridized carbons (Fsp3) is 0.214. The molecule has 2 aromatic rings. The van der Waals surface area contributed by atoms with E-state index in [1.165, 1.54) is 6.20 Å². The third-order valence-corrected chi connectivity index (χ3v) is 2.69. The maximum atomic E-state index is 13.7. The van der Waals surface area contributed by atoms with Gasteiger partial charge in [0.15, 0.2) is 5.82 Å². The number of aryl methyl sites for hydroxylation is 1. The first-order chi connectivity index (χ1) is 9.68. The molecule has 1 N–H and O–H groups in total. The molecular weight excluding hydrogens is 263 g/mol. The largest absolute Gasteiger partial charge is 0.478 e. The number of hydrogen-bond acceptors (Lipinski definition) is 4. The molecule has 0 saturated carbocycles. The van der Waals surface area contributed by atoms with Crippen LogP contribution in [0.25, 0.3) is 0 Å². The molecule has 0 aliphatic carbocycles. The Morgan fingerprint density at radius 3 is 2.70 bits per heavy atom. The quantitative estimate of drug-likeness (QED) is 0.820. The predicted octanol–water partition coefficient (Wildman–Crippen LogP) is 2.33. The fourth-order valence-electron chi connectivity index (χ4n) is 1.68. The van der Waals surface area contributed by atoms with Gasteiger partial charge in [0.2, 0.25) is 0 Å². The van der Waals surface area contributed by atoms with E-state index in [0.717, 1.165) is 18.1 Å². The molecule has 20 heavy (non-hydrogen) atoms. The topological polar surface area (TPSA) is 72.3 Å². The van der Waals surface area contributed by atoms with Crippen molar-refractivity contribution in [3.05, 3.63) is 53.7 Å². The van der Waals surface area contributed by atoms with Gasteiger partial charge in [-0.25, -0.2) is 14.2 Å². The second-order valence-corrected chi connectivity index (χ2v) is 4.09. The molecule has 2 heterocycles. The van der Waals surface area contributed by atoms with Gasteiger partial charge in [0.05, 0.1) is 6.61 Å². The van der Waals surface area contributed by atoms with E-state index < -0.39 is 17.3 Å². The van der Waals surface area contributed by atoms with Crippen LogP contribution in [0.5, 0.6) is 5.88 Å². The number of carboxylic acids is 1. The van der Waals surface area contributed by atoms with Crippen molar-refractivity contribution in [3.8, 4) is 5.88 Å². The highest BCUT2D eigenvalue weighted by Gasteiger charge is 2.15. The van der Waals surface area contributed by atoms with Crippen LogP contribution in [0.15, 0.2) is 36.8 Å². The Morgan fingerprint density at radius 2 is 2.00 bits per heavy atom. The van der Waals surface area contributed by atoms with Gasteiger partial charge in [0.1, 0.15) is 5.56 Å². The Bertz CT molecular complexity index is 590. The van der Waals surface area contributed by atoms with Crippen LogP contribution < -0.4 is 4.74 Å². The summed E-state index contributed by atoms with van der Waals surface area (Å²) >= 11 is 0. The number of rotatable bonds is 6. The van der Waals surface area contributed by atoms with Crippen molar-refractivity contribution in [2.45, 2.75) is 12.8 Å². The number of carboxylic acid groups (broad SMARTS) is 1. The molecule has 0 bridgehead atoms. The van der Waals surface area contributed by atoms with E-state index in [2.05, 4.69) is 9.97 Å². The molecule has 0 radical (unpaired) electrons. The summed E-state index contributed by atoms with van der Waals surface area (Å²) in [6.07, 6.45) is 6.05. The van der Waals surface area contributed by atoms with Crippen molar-refractivity contribution < 1.29 is 19.0 Å². The zero-order valence-electron chi connectivity index (χ0n) is 10.6. The fourth-order valence-corrected chi connectivity index (χ4v) is 1.68. The van der Waals surface area contributed by atoms with E-state index in [-0.39, 0.29) is 12.5 Å². The lowest BCUT2D eigenvalue weighted by molar-refractivity contribution is 0.0690. The molecule has 0 spiro atoms. The highest BCUT2D eigenvalue weighted by Crippen LogP contribution is 2.17. The summed E-state index contributed by atoms with van der Waals surface area (Å²) < 4.78 is 18.9. The van der Waals surface area contributed by atoms with Crippen molar-refractivity contribution >= 4 is 5.97 Å². The zero-order chi connectivity index (χ0) is 14.4. The summed E-state index contributed by atoms with van der Waals surface area (Å²) in [7, 11) is 0. The number of aromatic carboxylic acids is 1. The molecule has 0 fully saturated rings. The number of nitrogens with zero attached hydrogens (tertiary/aromatic N) is 2. The van der Waals surface area contributed by atoms with Gasteiger partial charge in [0, 0.05) is 18.6 Å². The van der Waals surface area contributed by atoms with E-state index in [1.807, 2.05) is 12.1 Å². The Kier molecular flexibility index (Phi) is 4.60. The van der Waals surface area contributed by atoms with Crippen molar-refractivity contribution in [3.63, 3.8) is 0 Å². The molecule has 2 aromatic heterocycles. The molecule has 0 aliphatic rings. The van der Waals surface area contributed by atoms with E-state index in [1.54, 1.807) is 12.4 Å². The van der Waals surface area contributed by atoms with Gasteiger partial charge in [-0.1, -0.05) is 0 Å². The smallest absolute Gasteiger partial charge is 0.338 e. The Balaban J connectivity index is 1.88. The monoisotopic (exact) mass is 276 g/mol. The van der Waals surface area contributed by atoms with Crippen molar-refractivity contribution in [2.75, 3.05) is 6.61 Å². The van der Waals surface area contributed by atoms with Crippen LogP contribution in [-0.4, -0.2) is 27.7 Å². The van der Waals surface area contributed by atoms with Gasteiger partial charge in [-0.3, -0.25) is 4.98 Å². The molecule has 6 heteroatoms. The second kappa shape index (κ2) is 6.60. The molecule has 5 nitrogen and oxygen atoms in total. The maximum Gasteiger partial charge on any atom is 0.338 e. The van der Waals surface area contributed by atoms with E-state index in [4.69, 9.17) is 9.84 Å². The number of carbonyl (C=O) groups is 1. The lowest BCUT2D eigenvalue weighted by Crippen LogP contribution is -2.07. The average molecular weight is 276 g/mol. The number of aromatic nitrogens is 2. The van der Waals surface area contributed by atoms with Gasteiger partial charge >= 0.3 is 5.97 Å². The third kappa shape index (κ3) is 3.50. The first kappa shape index (κ1) is 13.9. The first-order valence-electron chi connectivity index (χ1n) is 6.08. The number of ether oxygens (including phenoxy) is 1. The molecule has 2 rings (SSSR count). The van der Waals surface area contributed by atoms with Crippen LogP contribution in [0.2, 0.25) is 0 Å². The van der Waals surface area contributed by atoms with E-state index >= 15 is 0 Å². The molecule has 0 unspecified atom stereocenters. The summed E-state index contributed by atoms with van der Waals surface area (Å²) in [5.41, 5.74) is 0.667. The second-order valence-electron chi connectivity index (χ2n) is 4.09. The van der Waals surface area contributed by atoms with E-state index in [9.17, 15) is 9.18 Å². The Hall–Kier alpha value is -2.50. The minimum Gasteiger partial charge on any atom is -0.478 e. The standard InChI is InChI=1S/C14H13FN2O3/c15-12-11(14(18)19)5-8-17-13(12)20-9-1-2-10-3-6-16-7-4-10/h3-8H,1-2,9H2,(H,18,19). The van der Waals surface area contributed by atoms with Crippen molar-refractivity contribution in [1.82, 2.24) is 9.97 Å². The summed E-state index contributed by atoms with van der Waals surface area (Å²) in [4.78, 5) is 18.4. The molecule has 0 aromatic carbocycles. The Morgan fingerprint density at radius 1 is 1.25 bits per heavy atom. The molecule has 0 aliphatic heterocycles. The highest BCUT2D eigenvalue weighted by atomic mass is 19.1. The number of hydrogen-bond donors (Lipinski definition) is 1. The van der Waals surface area contributed by atoms with Crippen LogP contribution >= 0.6 is 0 Å². The summed E-state index contributed by atoms with van der Waals surface area (Å²) in [5, 5.41) is 8.78. The van der Waals surface area contributed by atoms with Crippen LogP contribution in [-0.2, 0) is 6.42 Å². The minimum absolute atomic E-state index is 0.259. The number of halogens is 1. The lowest BCUT2D eigenvalue weighted by Gasteiger charge is -2.07. The molecule has 104 valence electrons. The minimum atomic E-state index is -1.34. The normalized spacial score (nSPS) is 10.2. The van der Waals surface area contributed by atoms with Gasteiger partial charge in [0.25, 0.3) is 5.88 Å². The van der Waals surface area contributed by atoms with Crippen LogP contribution in [0.3, 0.4) is 0 Å². The van der Waals surface area contributed by atoms with Gasteiger partial charge in [-0.15, -0.1) is 0 Å². The van der Waals surface area contributed by atoms with Crippen molar-refractivity contribution in [1.29, 1.82) is 0 Å². The predicted molar refractivity (Wildman–Crippen MR) is 69.2 cm³/mol. The molecule has 0 atom stereocenters. The van der Waals surface area contributed by atoms with E-state index in [0.29, 0.717) is 6.42 Å². The maximum absolute atomic E-state index is 13.7. The van der Waals surface area contributed by atoms with Crippen LogP contribution in [0.1, 0.15) is 22.3 Å².